The Balaban J connectivity index is 1.58. The highest BCUT2D eigenvalue weighted by atomic mass is 32.1. The number of para-hydroxylation sites is 1. The molecule has 0 aliphatic carbocycles. The molecule has 0 bridgehead atoms. The van der Waals surface area contributed by atoms with Crippen molar-refractivity contribution in [3.63, 3.8) is 0 Å². The summed E-state index contributed by atoms with van der Waals surface area (Å²) in [6, 6.07) is 20.9. The summed E-state index contributed by atoms with van der Waals surface area (Å²) in [5, 5.41) is 15.8. The highest BCUT2D eigenvalue weighted by molar-refractivity contribution is 7.08. The summed E-state index contributed by atoms with van der Waals surface area (Å²) in [7, 11) is 0. The van der Waals surface area contributed by atoms with Crippen molar-refractivity contribution in [1.29, 1.82) is 5.26 Å². The van der Waals surface area contributed by atoms with Crippen LogP contribution in [0.4, 0.5) is 11.4 Å². The van der Waals surface area contributed by atoms with Gasteiger partial charge in [-0.3, -0.25) is 9.59 Å². The molecule has 2 aromatic carbocycles. The molecule has 0 fully saturated rings. The SMILES string of the molecule is N#CCCN(C(=O)CCC(=O)Nc1cccc(-c2ccsc2)c1)c1ccccc1. The van der Waals surface area contributed by atoms with Crippen LogP contribution in [0.3, 0.4) is 0 Å². The van der Waals surface area contributed by atoms with Crippen LogP contribution in [0.25, 0.3) is 11.1 Å². The van der Waals surface area contributed by atoms with Gasteiger partial charge in [0.05, 0.1) is 12.5 Å². The zero-order valence-corrected chi connectivity index (χ0v) is 16.7. The van der Waals surface area contributed by atoms with Gasteiger partial charge in [0.15, 0.2) is 0 Å². The molecular weight excluding hydrogens is 382 g/mol. The number of thiophene rings is 1. The Bertz CT molecular complexity index is 994. The quantitative estimate of drug-likeness (QED) is 0.570. The molecule has 5 nitrogen and oxygen atoms in total. The molecule has 2 amide bonds. The molecule has 1 heterocycles. The van der Waals surface area contributed by atoms with Gasteiger partial charge in [0.2, 0.25) is 11.8 Å². The summed E-state index contributed by atoms with van der Waals surface area (Å²) in [5.74, 6) is -0.386. The van der Waals surface area contributed by atoms with Crippen molar-refractivity contribution in [2.75, 3.05) is 16.8 Å². The maximum atomic E-state index is 12.7. The van der Waals surface area contributed by atoms with Crippen LogP contribution in [-0.2, 0) is 9.59 Å². The summed E-state index contributed by atoms with van der Waals surface area (Å²) in [4.78, 5) is 26.6. The Morgan fingerprint density at radius 2 is 1.83 bits per heavy atom. The molecule has 146 valence electrons. The summed E-state index contributed by atoms with van der Waals surface area (Å²) in [5.41, 5.74) is 3.58. The fourth-order valence-corrected chi connectivity index (χ4v) is 3.62. The molecule has 6 heteroatoms. The smallest absolute Gasteiger partial charge is 0.227 e. The van der Waals surface area contributed by atoms with Crippen LogP contribution in [0.2, 0.25) is 0 Å². The maximum Gasteiger partial charge on any atom is 0.227 e. The van der Waals surface area contributed by atoms with Crippen molar-refractivity contribution >= 4 is 34.5 Å². The van der Waals surface area contributed by atoms with E-state index in [4.69, 9.17) is 5.26 Å². The van der Waals surface area contributed by atoms with E-state index in [1.807, 2.05) is 66.0 Å². The Morgan fingerprint density at radius 3 is 2.55 bits per heavy atom. The second-order valence-corrected chi connectivity index (χ2v) is 7.21. The molecule has 0 aliphatic rings. The van der Waals surface area contributed by atoms with Gasteiger partial charge in [-0.2, -0.15) is 16.6 Å². The molecule has 0 unspecified atom stereocenters. The highest BCUT2D eigenvalue weighted by Gasteiger charge is 2.16. The van der Waals surface area contributed by atoms with Gasteiger partial charge in [-0.05, 0) is 52.2 Å². The van der Waals surface area contributed by atoms with Crippen LogP contribution in [-0.4, -0.2) is 18.4 Å². The molecule has 1 aromatic heterocycles. The average molecular weight is 404 g/mol. The number of carbonyl (C=O) groups is 2. The lowest BCUT2D eigenvalue weighted by Crippen LogP contribution is -2.32. The number of carbonyl (C=O) groups excluding carboxylic acids is 2. The fraction of sp³-hybridized carbons (Fsp3) is 0.174. The molecule has 0 saturated carbocycles. The van der Waals surface area contributed by atoms with Gasteiger partial charge in [0.1, 0.15) is 0 Å². The number of nitrogens with one attached hydrogen (secondary N) is 1. The lowest BCUT2D eigenvalue weighted by Gasteiger charge is -2.21. The Hall–Kier alpha value is -3.43. The number of nitriles is 1. The van der Waals surface area contributed by atoms with Crippen LogP contribution in [0.1, 0.15) is 19.3 Å². The van der Waals surface area contributed by atoms with Crippen LogP contribution in [0.5, 0.6) is 0 Å². The Morgan fingerprint density at radius 1 is 1.00 bits per heavy atom. The van der Waals surface area contributed by atoms with Crippen LogP contribution in [0.15, 0.2) is 71.4 Å². The predicted molar refractivity (Wildman–Crippen MR) is 117 cm³/mol. The van der Waals surface area contributed by atoms with E-state index in [0.717, 1.165) is 16.8 Å². The predicted octanol–water partition coefficient (Wildman–Crippen LogP) is 5.08. The van der Waals surface area contributed by atoms with E-state index >= 15 is 0 Å². The molecule has 0 aliphatic heterocycles. The number of rotatable bonds is 8. The second-order valence-electron chi connectivity index (χ2n) is 6.43. The van der Waals surface area contributed by atoms with Crippen molar-refractivity contribution in [2.45, 2.75) is 19.3 Å². The number of benzene rings is 2. The monoisotopic (exact) mass is 403 g/mol. The first-order valence-electron chi connectivity index (χ1n) is 9.32. The standard InChI is InChI=1S/C23H21N3O2S/c24-13-5-14-26(21-8-2-1-3-9-21)23(28)11-10-22(27)25-20-7-4-6-18(16-20)19-12-15-29-17-19/h1-4,6-9,12,15-17H,5,10-11,14H2,(H,25,27). The van der Waals surface area contributed by atoms with E-state index in [0.29, 0.717) is 12.2 Å². The summed E-state index contributed by atoms with van der Waals surface area (Å²) in [6.45, 7) is 0.309. The highest BCUT2D eigenvalue weighted by Crippen LogP contribution is 2.25. The minimum atomic E-state index is -0.214. The summed E-state index contributed by atoms with van der Waals surface area (Å²) < 4.78 is 0. The van der Waals surface area contributed by atoms with E-state index in [9.17, 15) is 9.59 Å². The van der Waals surface area contributed by atoms with Crippen molar-refractivity contribution in [3.8, 4) is 17.2 Å². The number of anilines is 2. The van der Waals surface area contributed by atoms with Crippen LogP contribution < -0.4 is 10.2 Å². The third-order valence-corrected chi connectivity index (χ3v) is 5.07. The number of hydrogen-bond acceptors (Lipinski definition) is 4. The zero-order chi connectivity index (χ0) is 20.5. The maximum absolute atomic E-state index is 12.7. The van der Waals surface area contributed by atoms with E-state index in [1.165, 1.54) is 0 Å². The minimum absolute atomic E-state index is 0.0797. The fourth-order valence-electron chi connectivity index (χ4n) is 2.95. The minimum Gasteiger partial charge on any atom is -0.326 e. The van der Waals surface area contributed by atoms with Gasteiger partial charge in [0.25, 0.3) is 0 Å². The van der Waals surface area contributed by atoms with Gasteiger partial charge in [0, 0.05) is 30.8 Å². The molecule has 3 rings (SSSR count). The topological polar surface area (TPSA) is 73.2 Å². The average Bonchev–Trinajstić information content (AvgIpc) is 3.28. The first-order valence-corrected chi connectivity index (χ1v) is 10.3. The third-order valence-electron chi connectivity index (χ3n) is 4.38. The molecule has 29 heavy (non-hydrogen) atoms. The number of amides is 2. The molecule has 0 spiro atoms. The molecule has 1 N–H and O–H groups in total. The van der Waals surface area contributed by atoms with Gasteiger partial charge in [-0.1, -0.05) is 30.3 Å². The lowest BCUT2D eigenvalue weighted by molar-refractivity contribution is -0.122. The third kappa shape index (κ3) is 5.77. The molecule has 0 radical (unpaired) electrons. The van der Waals surface area contributed by atoms with Gasteiger partial charge in [-0.15, -0.1) is 0 Å². The first kappa shape index (κ1) is 20.3. The van der Waals surface area contributed by atoms with Crippen molar-refractivity contribution < 1.29 is 9.59 Å². The Kier molecular flexibility index (Phi) is 7.15. The lowest BCUT2D eigenvalue weighted by atomic mass is 10.1. The van der Waals surface area contributed by atoms with E-state index in [2.05, 4.69) is 16.8 Å². The summed E-state index contributed by atoms with van der Waals surface area (Å²) >= 11 is 1.62. The van der Waals surface area contributed by atoms with Crippen molar-refractivity contribution in [1.82, 2.24) is 0 Å². The second kappa shape index (κ2) is 10.2. The number of nitrogens with zero attached hydrogens (tertiary/aromatic N) is 2. The van der Waals surface area contributed by atoms with Gasteiger partial charge < -0.3 is 10.2 Å². The largest absolute Gasteiger partial charge is 0.326 e. The Labute approximate surface area is 174 Å². The molecule has 3 aromatic rings. The number of hydrogen-bond donors (Lipinski definition) is 1. The van der Waals surface area contributed by atoms with E-state index in [1.54, 1.807) is 16.2 Å². The molecule has 0 saturated heterocycles. The zero-order valence-electron chi connectivity index (χ0n) is 15.9. The molecule has 0 atom stereocenters. The van der Waals surface area contributed by atoms with Gasteiger partial charge >= 0.3 is 0 Å². The normalized spacial score (nSPS) is 10.2. The van der Waals surface area contributed by atoms with Crippen molar-refractivity contribution in [3.05, 3.63) is 71.4 Å². The summed E-state index contributed by atoms with van der Waals surface area (Å²) in [6.07, 6.45) is 0.399. The van der Waals surface area contributed by atoms with Crippen molar-refractivity contribution in [2.24, 2.45) is 0 Å². The molecular formula is C23H21N3O2S. The van der Waals surface area contributed by atoms with E-state index in [-0.39, 0.29) is 31.1 Å². The van der Waals surface area contributed by atoms with Crippen LogP contribution >= 0.6 is 11.3 Å². The van der Waals surface area contributed by atoms with E-state index < -0.39 is 0 Å². The van der Waals surface area contributed by atoms with Gasteiger partial charge in [-0.25, -0.2) is 0 Å². The first-order chi connectivity index (χ1) is 14.2. The van der Waals surface area contributed by atoms with Crippen LogP contribution in [0, 0.1) is 11.3 Å².